The summed E-state index contributed by atoms with van der Waals surface area (Å²) in [4.78, 5) is 0. The molecule has 1 fully saturated rings. The molecule has 1 aliphatic rings. The van der Waals surface area contributed by atoms with Crippen molar-refractivity contribution in [2.24, 2.45) is 0 Å². The fraction of sp³-hybridized carbons (Fsp3) is 0.273. The molecule has 0 radical (unpaired) electrons. The number of nitrogen functional groups attached to an aromatic ring is 1. The molecule has 1 heterocycles. The van der Waals surface area contributed by atoms with E-state index >= 15 is 0 Å². The zero-order valence-corrected chi connectivity index (χ0v) is 8.67. The second-order valence-electron chi connectivity index (χ2n) is 4.07. The minimum Gasteiger partial charge on any atom is -0.508 e. The van der Waals surface area contributed by atoms with Crippen molar-refractivity contribution in [1.29, 1.82) is 0 Å². The fourth-order valence-corrected chi connectivity index (χ4v) is 1.76. The van der Waals surface area contributed by atoms with Crippen molar-refractivity contribution in [3.8, 4) is 11.4 Å². The summed E-state index contributed by atoms with van der Waals surface area (Å²) >= 11 is 0. The van der Waals surface area contributed by atoms with Crippen LogP contribution in [0.1, 0.15) is 24.5 Å². The number of hydrogen-bond acceptors (Lipinski definition) is 4. The molecule has 3 rings (SSSR count). The van der Waals surface area contributed by atoms with E-state index in [4.69, 9.17) is 5.73 Å². The summed E-state index contributed by atoms with van der Waals surface area (Å²) < 4.78 is 1.56. The molecule has 2 aromatic rings. The van der Waals surface area contributed by atoms with Crippen LogP contribution in [0, 0.1) is 0 Å². The maximum atomic E-state index is 9.39. The number of hydrogen-bond donors (Lipinski definition) is 2. The highest BCUT2D eigenvalue weighted by molar-refractivity contribution is 5.48. The molecule has 3 N–H and O–H groups in total. The molecule has 0 aliphatic heterocycles. The number of anilines is 1. The van der Waals surface area contributed by atoms with Gasteiger partial charge in [-0.3, -0.25) is 0 Å². The lowest BCUT2D eigenvalue weighted by Gasteiger charge is -2.03. The number of aromatic hydroxyl groups is 1. The van der Waals surface area contributed by atoms with E-state index in [1.807, 2.05) is 6.07 Å². The number of nitrogens with zero attached hydrogens (tertiary/aromatic N) is 3. The Morgan fingerprint density at radius 2 is 2.19 bits per heavy atom. The van der Waals surface area contributed by atoms with E-state index < -0.39 is 0 Å². The molecule has 1 saturated carbocycles. The predicted octanol–water partition coefficient (Wildman–Crippen LogP) is 1.43. The van der Waals surface area contributed by atoms with Gasteiger partial charge in [0.2, 0.25) is 0 Å². The molecule has 1 aromatic carbocycles. The molecule has 0 saturated heterocycles. The van der Waals surface area contributed by atoms with Crippen LogP contribution >= 0.6 is 0 Å². The monoisotopic (exact) mass is 216 g/mol. The first-order valence-corrected chi connectivity index (χ1v) is 5.26. The molecule has 0 amide bonds. The van der Waals surface area contributed by atoms with Crippen LogP contribution in [-0.2, 0) is 0 Å². The summed E-state index contributed by atoms with van der Waals surface area (Å²) in [5.41, 5.74) is 7.59. The van der Waals surface area contributed by atoms with E-state index in [0.717, 1.165) is 24.2 Å². The van der Waals surface area contributed by atoms with Crippen LogP contribution < -0.4 is 5.73 Å². The maximum absolute atomic E-state index is 9.39. The Bertz CT molecular complexity index is 531. The predicted molar refractivity (Wildman–Crippen MR) is 59.4 cm³/mol. The van der Waals surface area contributed by atoms with Crippen molar-refractivity contribution in [2.45, 2.75) is 18.8 Å². The zero-order chi connectivity index (χ0) is 11.1. The van der Waals surface area contributed by atoms with Gasteiger partial charge in [-0.1, -0.05) is 11.3 Å². The van der Waals surface area contributed by atoms with Crippen LogP contribution in [0.5, 0.6) is 5.75 Å². The van der Waals surface area contributed by atoms with E-state index in [9.17, 15) is 5.11 Å². The zero-order valence-electron chi connectivity index (χ0n) is 8.67. The second-order valence-corrected chi connectivity index (χ2v) is 4.07. The molecule has 5 heteroatoms. The van der Waals surface area contributed by atoms with Gasteiger partial charge in [-0.05, 0) is 25.0 Å². The smallest absolute Gasteiger partial charge is 0.151 e. The Morgan fingerprint density at radius 1 is 1.38 bits per heavy atom. The maximum Gasteiger partial charge on any atom is 0.151 e. The van der Waals surface area contributed by atoms with Crippen molar-refractivity contribution < 1.29 is 5.11 Å². The van der Waals surface area contributed by atoms with Crippen molar-refractivity contribution in [1.82, 2.24) is 15.0 Å². The average molecular weight is 216 g/mol. The van der Waals surface area contributed by atoms with E-state index in [1.54, 1.807) is 22.9 Å². The van der Waals surface area contributed by atoms with Gasteiger partial charge in [0.15, 0.2) is 5.82 Å². The van der Waals surface area contributed by atoms with Crippen molar-refractivity contribution in [3.05, 3.63) is 30.0 Å². The van der Waals surface area contributed by atoms with Gasteiger partial charge in [-0.25, -0.2) is 0 Å². The number of phenols is 1. The molecule has 0 unspecified atom stereocenters. The first-order valence-electron chi connectivity index (χ1n) is 5.26. The summed E-state index contributed by atoms with van der Waals surface area (Å²) in [6.45, 7) is 0. The molecule has 1 aromatic heterocycles. The van der Waals surface area contributed by atoms with Gasteiger partial charge >= 0.3 is 0 Å². The lowest BCUT2D eigenvalue weighted by Crippen LogP contribution is -2.02. The highest BCUT2D eigenvalue weighted by atomic mass is 16.3. The molecule has 0 bridgehead atoms. The van der Waals surface area contributed by atoms with Gasteiger partial charge in [-0.2, -0.15) is 4.68 Å². The number of phenolic OH excluding ortho intramolecular Hbond substituents is 1. The normalized spacial score (nSPS) is 15.2. The van der Waals surface area contributed by atoms with Crippen LogP contribution in [0.4, 0.5) is 5.82 Å². The Hall–Kier alpha value is -2.04. The van der Waals surface area contributed by atoms with Crippen molar-refractivity contribution >= 4 is 5.82 Å². The number of rotatable bonds is 2. The lowest BCUT2D eigenvalue weighted by atomic mass is 10.3. The molecular weight excluding hydrogens is 204 g/mol. The van der Waals surface area contributed by atoms with Gasteiger partial charge in [0.1, 0.15) is 11.4 Å². The third kappa shape index (κ3) is 1.41. The van der Waals surface area contributed by atoms with E-state index in [0.29, 0.717) is 11.7 Å². The molecule has 0 atom stereocenters. The first kappa shape index (κ1) is 9.21. The molecule has 16 heavy (non-hydrogen) atoms. The van der Waals surface area contributed by atoms with Gasteiger partial charge in [0.05, 0.1) is 5.69 Å². The molecule has 82 valence electrons. The quantitative estimate of drug-likeness (QED) is 0.796. The molecule has 0 spiro atoms. The summed E-state index contributed by atoms with van der Waals surface area (Å²) in [5, 5.41) is 17.5. The highest BCUT2D eigenvalue weighted by Crippen LogP contribution is 2.41. The van der Waals surface area contributed by atoms with Crippen molar-refractivity contribution in [3.63, 3.8) is 0 Å². The molecular formula is C11H12N4O. The molecule has 5 nitrogen and oxygen atoms in total. The van der Waals surface area contributed by atoms with Crippen LogP contribution in [-0.4, -0.2) is 20.1 Å². The number of benzene rings is 1. The van der Waals surface area contributed by atoms with Gasteiger partial charge in [-0.15, -0.1) is 5.10 Å². The van der Waals surface area contributed by atoms with Crippen LogP contribution in [0.15, 0.2) is 24.3 Å². The topological polar surface area (TPSA) is 77.0 Å². The van der Waals surface area contributed by atoms with Crippen LogP contribution in [0.3, 0.4) is 0 Å². The minimum atomic E-state index is 0.195. The minimum absolute atomic E-state index is 0.195. The summed E-state index contributed by atoms with van der Waals surface area (Å²) in [7, 11) is 0. The van der Waals surface area contributed by atoms with E-state index in [-0.39, 0.29) is 5.75 Å². The third-order valence-electron chi connectivity index (χ3n) is 2.77. The van der Waals surface area contributed by atoms with Crippen LogP contribution in [0.2, 0.25) is 0 Å². The van der Waals surface area contributed by atoms with E-state index in [1.165, 1.54) is 0 Å². The Labute approximate surface area is 92.5 Å². The van der Waals surface area contributed by atoms with Crippen molar-refractivity contribution in [2.75, 3.05) is 5.73 Å². The Balaban J connectivity index is 2.06. The Kier molecular flexibility index (Phi) is 1.86. The van der Waals surface area contributed by atoms with E-state index in [2.05, 4.69) is 10.3 Å². The standard InChI is InChI=1S/C11H12N4O/c12-11-10(7-4-5-7)13-14-15(11)8-2-1-3-9(16)6-8/h1-3,6-7,16H,4-5,12H2. The van der Waals surface area contributed by atoms with Gasteiger partial charge in [0.25, 0.3) is 0 Å². The largest absolute Gasteiger partial charge is 0.508 e. The summed E-state index contributed by atoms with van der Waals surface area (Å²) in [6.07, 6.45) is 2.28. The summed E-state index contributed by atoms with van der Waals surface area (Å²) in [6, 6.07) is 6.81. The number of nitrogens with two attached hydrogens (primary N) is 1. The van der Waals surface area contributed by atoms with Crippen LogP contribution in [0.25, 0.3) is 5.69 Å². The first-order chi connectivity index (χ1) is 7.75. The SMILES string of the molecule is Nc1c(C2CC2)nnn1-c1cccc(O)c1. The Morgan fingerprint density at radius 3 is 2.88 bits per heavy atom. The average Bonchev–Trinajstić information content (AvgIpc) is 3.03. The number of aromatic nitrogens is 3. The third-order valence-corrected chi connectivity index (χ3v) is 2.77. The second kappa shape index (κ2) is 3.23. The fourth-order valence-electron chi connectivity index (χ4n) is 1.76. The van der Waals surface area contributed by atoms with Gasteiger partial charge in [0, 0.05) is 12.0 Å². The molecule has 1 aliphatic carbocycles. The highest BCUT2D eigenvalue weighted by Gasteiger charge is 2.29. The van der Waals surface area contributed by atoms with Gasteiger partial charge < -0.3 is 10.8 Å². The lowest BCUT2D eigenvalue weighted by molar-refractivity contribution is 0.475. The summed E-state index contributed by atoms with van der Waals surface area (Å²) in [5.74, 6) is 1.25.